The van der Waals surface area contributed by atoms with Crippen LogP contribution in [0.1, 0.15) is 33.1 Å². The van der Waals surface area contributed by atoms with Gasteiger partial charge in [-0.3, -0.25) is 9.69 Å². The van der Waals surface area contributed by atoms with Crippen LogP contribution in [0.2, 0.25) is 0 Å². The Morgan fingerprint density at radius 3 is 2.95 bits per heavy atom. The summed E-state index contributed by atoms with van der Waals surface area (Å²) < 4.78 is 5.67. The minimum absolute atomic E-state index is 0.0614. The molecule has 122 valence electrons. The maximum Gasteiger partial charge on any atom is 0.222 e. The van der Waals surface area contributed by atoms with E-state index in [2.05, 4.69) is 29.4 Å². The molecule has 2 heterocycles. The van der Waals surface area contributed by atoms with Crippen LogP contribution in [-0.4, -0.2) is 73.0 Å². The van der Waals surface area contributed by atoms with Crippen molar-refractivity contribution >= 4 is 5.91 Å². The van der Waals surface area contributed by atoms with Crippen molar-refractivity contribution in [3.05, 3.63) is 0 Å². The monoisotopic (exact) mass is 299 g/mol. The highest BCUT2D eigenvalue weighted by atomic mass is 16.5. The van der Waals surface area contributed by atoms with Crippen molar-refractivity contribution in [2.75, 3.05) is 45.9 Å². The van der Waals surface area contributed by atoms with Gasteiger partial charge in [-0.05, 0) is 33.2 Å². The van der Waals surface area contributed by atoms with Crippen LogP contribution in [-0.2, 0) is 9.53 Å². The number of amides is 1. The molecule has 1 atom stereocenters. The molecule has 0 radical (unpaired) electrons. The van der Waals surface area contributed by atoms with E-state index in [1.807, 2.05) is 0 Å². The Balaban J connectivity index is 1.65. The molecule has 3 N–H and O–H groups in total. The van der Waals surface area contributed by atoms with Crippen molar-refractivity contribution in [3.8, 4) is 0 Å². The summed E-state index contributed by atoms with van der Waals surface area (Å²) >= 11 is 0. The Morgan fingerprint density at radius 2 is 2.29 bits per heavy atom. The summed E-state index contributed by atoms with van der Waals surface area (Å²) in [6.45, 7) is 9.60. The predicted octanol–water partition coefficient (Wildman–Crippen LogP) is -0.282. The van der Waals surface area contributed by atoms with Gasteiger partial charge < -0.3 is 20.5 Å². The fourth-order valence-electron chi connectivity index (χ4n) is 3.12. The molecule has 2 aliphatic rings. The first-order valence-electron chi connectivity index (χ1n) is 7.95. The van der Waals surface area contributed by atoms with Crippen LogP contribution in [0.3, 0.4) is 0 Å². The summed E-state index contributed by atoms with van der Waals surface area (Å²) in [4.78, 5) is 14.2. The van der Waals surface area contributed by atoms with Gasteiger partial charge in [-0.2, -0.15) is 0 Å². The molecule has 0 aromatic heterocycles. The SMILES string of the molecule is CC1(C)CN(CCNC(=O)CC2(O)CCCNC2)CCO1. The summed E-state index contributed by atoms with van der Waals surface area (Å²) in [6.07, 6.45) is 1.81. The minimum atomic E-state index is -0.872. The highest BCUT2D eigenvalue weighted by molar-refractivity contribution is 5.77. The summed E-state index contributed by atoms with van der Waals surface area (Å²) in [7, 11) is 0. The Hall–Kier alpha value is -0.690. The third kappa shape index (κ3) is 5.54. The minimum Gasteiger partial charge on any atom is -0.388 e. The third-order valence-corrected chi connectivity index (χ3v) is 4.19. The van der Waals surface area contributed by atoms with Gasteiger partial charge in [0.05, 0.1) is 24.2 Å². The Bertz CT molecular complexity index is 354. The van der Waals surface area contributed by atoms with Gasteiger partial charge in [-0.25, -0.2) is 0 Å². The predicted molar refractivity (Wildman–Crippen MR) is 81.2 cm³/mol. The second-order valence-corrected chi connectivity index (χ2v) is 6.92. The first-order chi connectivity index (χ1) is 9.89. The number of hydrogen-bond acceptors (Lipinski definition) is 5. The van der Waals surface area contributed by atoms with Crippen LogP contribution in [0.5, 0.6) is 0 Å². The zero-order valence-corrected chi connectivity index (χ0v) is 13.3. The summed E-state index contributed by atoms with van der Waals surface area (Å²) in [5.74, 6) is -0.0614. The lowest BCUT2D eigenvalue weighted by atomic mass is 9.90. The molecule has 1 amide bonds. The molecular formula is C15H29N3O3. The molecule has 0 aromatic rings. The first kappa shape index (κ1) is 16.7. The number of piperidine rings is 1. The number of carbonyl (C=O) groups excluding carboxylic acids is 1. The molecule has 1 unspecified atom stereocenters. The molecule has 0 spiro atoms. The van der Waals surface area contributed by atoms with Crippen LogP contribution in [0, 0.1) is 0 Å². The lowest BCUT2D eigenvalue weighted by Gasteiger charge is -2.38. The van der Waals surface area contributed by atoms with Crippen molar-refractivity contribution in [1.29, 1.82) is 0 Å². The van der Waals surface area contributed by atoms with Crippen LogP contribution in [0.15, 0.2) is 0 Å². The van der Waals surface area contributed by atoms with E-state index in [1.165, 1.54) is 0 Å². The third-order valence-electron chi connectivity index (χ3n) is 4.19. The average Bonchev–Trinajstić information content (AvgIpc) is 2.37. The largest absolute Gasteiger partial charge is 0.388 e. The van der Waals surface area contributed by atoms with E-state index in [1.54, 1.807) is 0 Å². The smallest absolute Gasteiger partial charge is 0.222 e. The average molecular weight is 299 g/mol. The molecule has 0 bridgehead atoms. The van der Waals surface area contributed by atoms with Gasteiger partial charge in [0.25, 0.3) is 0 Å². The molecule has 2 saturated heterocycles. The van der Waals surface area contributed by atoms with E-state index in [9.17, 15) is 9.90 Å². The number of β-amino-alcohol motifs (C(OH)–C–C–N with tert-alkyl or cyclic N) is 1. The van der Waals surface area contributed by atoms with Crippen LogP contribution >= 0.6 is 0 Å². The maximum absolute atomic E-state index is 11.9. The molecule has 0 saturated carbocycles. The molecule has 2 rings (SSSR count). The van der Waals surface area contributed by atoms with Gasteiger partial charge in [0.1, 0.15) is 0 Å². The van der Waals surface area contributed by atoms with Gasteiger partial charge in [-0.1, -0.05) is 0 Å². The molecule has 6 nitrogen and oxygen atoms in total. The zero-order chi connectivity index (χ0) is 15.3. The number of rotatable bonds is 5. The number of nitrogens with zero attached hydrogens (tertiary/aromatic N) is 1. The lowest BCUT2D eigenvalue weighted by molar-refractivity contribution is -0.127. The number of morpholine rings is 1. The number of hydrogen-bond donors (Lipinski definition) is 3. The van der Waals surface area contributed by atoms with Crippen molar-refractivity contribution in [2.24, 2.45) is 0 Å². The molecule has 0 aliphatic carbocycles. The first-order valence-corrected chi connectivity index (χ1v) is 7.95. The topological polar surface area (TPSA) is 73.8 Å². The normalized spacial score (nSPS) is 30.0. The Kier molecular flexibility index (Phi) is 5.60. The van der Waals surface area contributed by atoms with Gasteiger partial charge in [0.15, 0.2) is 0 Å². The Labute approximate surface area is 127 Å². The quantitative estimate of drug-likeness (QED) is 0.651. The number of nitrogens with one attached hydrogen (secondary N) is 2. The molecular weight excluding hydrogens is 270 g/mol. The molecule has 21 heavy (non-hydrogen) atoms. The van der Waals surface area contributed by atoms with Gasteiger partial charge in [-0.15, -0.1) is 0 Å². The van der Waals surface area contributed by atoms with E-state index in [0.29, 0.717) is 19.5 Å². The van der Waals surface area contributed by atoms with Crippen molar-refractivity contribution in [2.45, 2.75) is 44.3 Å². The number of ether oxygens (including phenoxy) is 1. The fraction of sp³-hybridized carbons (Fsp3) is 0.933. The van der Waals surface area contributed by atoms with E-state index >= 15 is 0 Å². The highest BCUT2D eigenvalue weighted by Gasteiger charge is 2.32. The number of aliphatic hydroxyl groups is 1. The van der Waals surface area contributed by atoms with E-state index in [4.69, 9.17) is 4.74 Å². The van der Waals surface area contributed by atoms with Crippen LogP contribution < -0.4 is 10.6 Å². The summed E-state index contributed by atoms with van der Waals surface area (Å²) in [5, 5.41) is 16.4. The van der Waals surface area contributed by atoms with E-state index < -0.39 is 5.60 Å². The van der Waals surface area contributed by atoms with Gasteiger partial charge >= 0.3 is 0 Å². The second kappa shape index (κ2) is 7.05. The van der Waals surface area contributed by atoms with Crippen LogP contribution in [0.25, 0.3) is 0 Å². The van der Waals surface area contributed by atoms with Crippen molar-refractivity contribution in [3.63, 3.8) is 0 Å². The van der Waals surface area contributed by atoms with Crippen LogP contribution in [0.4, 0.5) is 0 Å². The second-order valence-electron chi connectivity index (χ2n) is 6.92. The molecule has 2 aliphatic heterocycles. The molecule has 6 heteroatoms. The van der Waals surface area contributed by atoms with Crippen molar-refractivity contribution in [1.82, 2.24) is 15.5 Å². The zero-order valence-electron chi connectivity index (χ0n) is 13.3. The van der Waals surface area contributed by atoms with E-state index in [-0.39, 0.29) is 17.9 Å². The standard InChI is InChI=1S/C15H29N3O3/c1-14(2)12-18(8-9-21-14)7-6-17-13(19)10-15(20)4-3-5-16-11-15/h16,20H,3-12H2,1-2H3,(H,17,19). The maximum atomic E-state index is 11.9. The fourth-order valence-corrected chi connectivity index (χ4v) is 3.12. The highest BCUT2D eigenvalue weighted by Crippen LogP contribution is 2.19. The molecule has 0 aromatic carbocycles. The Morgan fingerprint density at radius 1 is 1.48 bits per heavy atom. The summed E-state index contributed by atoms with van der Waals surface area (Å²) in [6, 6.07) is 0. The van der Waals surface area contributed by atoms with E-state index in [0.717, 1.165) is 39.2 Å². The number of carbonyl (C=O) groups is 1. The lowest BCUT2D eigenvalue weighted by Crippen LogP contribution is -2.51. The van der Waals surface area contributed by atoms with Gasteiger partial charge in [0.2, 0.25) is 5.91 Å². The molecule has 2 fully saturated rings. The summed E-state index contributed by atoms with van der Waals surface area (Å²) in [5.41, 5.74) is -0.978. The van der Waals surface area contributed by atoms with Gasteiger partial charge in [0, 0.05) is 32.7 Å². The van der Waals surface area contributed by atoms with Crippen molar-refractivity contribution < 1.29 is 14.6 Å².